The van der Waals surface area contributed by atoms with Gasteiger partial charge in [0.15, 0.2) is 0 Å². The summed E-state index contributed by atoms with van der Waals surface area (Å²) in [6, 6.07) is 0. The van der Waals surface area contributed by atoms with Crippen molar-refractivity contribution in [1.29, 1.82) is 0 Å². The van der Waals surface area contributed by atoms with Crippen molar-refractivity contribution in [2.24, 2.45) is 0 Å². The SMILES string of the molecule is C[Si](C)(C)C#C/C=C(\Cl)C#C[Si](C)(C)C. The topological polar surface area (TPSA) is 0 Å². The van der Waals surface area contributed by atoms with Crippen LogP contribution in [0.2, 0.25) is 39.3 Å². The average Bonchev–Trinajstić information content (AvgIpc) is 1.97. The molecular weight excluding hydrogens is 236 g/mol. The monoisotopic (exact) mass is 254 g/mol. The highest BCUT2D eigenvalue weighted by Gasteiger charge is 2.08. The Morgan fingerprint density at radius 3 is 1.80 bits per heavy atom. The fourth-order valence-electron chi connectivity index (χ4n) is 0.599. The van der Waals surface area contributed by atoms with E-state index in [4.69, 9.17) is 11.6 Å². The van der Waals surface area contributed by atoms with Gasteiger partial charge in [0.2, 0.25) is 0 Å². The van der Waals surface area contributed by atoms with Crippen LogP contribution in [0, 0.1) is 22.9 Å². The van der Waals surface area contributed by atoms with Gasteiger partial charge in [-0.2, -0.15) is 0 Å². The first kappa shape index (κ1) is 14.6. The second-order valence-electron chi connectivity index (χ2n) is 5.51. The van der Waals surface area contributed by atoms with E-state index in [2.05, 4.69) is 62.2 Å². The molecule has 0 aliphatic heterocycles. The minimum atomic E-state index is -1.32. The maximum Gasteiger partial charge on any atom is 0.129 e. The van der Waals surface area contributed by atoms with Crippen LogP contribution in [-0.2, 0) is 0 Å². The predicted molar refractivity (Wildman–Crippen MR) is 76.2 cm³/mol. The van der Waals surface area contributed by atoms with Gasteiger partial charge in [-0.15, -0.1) is 11.1 Å². The van der Waals surface area contributed by atoms with E-state index in [1.54, 1.807) is 6.08 Å². The zero-order chi connectivity index (χ0) is 12.1. The van der Waals surface area contributed by atoms with Gasteiger partial charge < -0.3 is 0 Å². The van der Waals surface area contributed by atoms with Crippen molar-refractivity contribution < 1.29 is 0 Å². The molecule has 0 aromatic heterocycles. The molecule has 0 saturated heterocycles. The molecule has 0 aromatic carbocycles. The molecule has 0 atom stereocenters. The lowest BCUT2D eigenvalue weighted by molar-refractivity contribution is 1.80. The summed E-state index contributed by atoms with van der Waals surface area (Å²) in [4.78, 5) is 0. The van der Waals surface area contributed by atoms with Crippen LogP contribution in [-0.4, -0.2) is 16.1 Å². The van der Waals surface area contributed by atoms with E-state index in [0.29, 0.717) is 5.03 Å². The minimum Gasteiger partial charge on any atom is -0.127 e. The first-order valence-corrected chi connectivity index (χ1v) is 12.4. The van der Waals surface area contributed by atoms with Crippen LogP contribution < -0.4 is 0 Å². The van der Waals surface area contributed by atoms with E-state index >= 15 is 0 Å². The molecule has 0 N–H and O–H groups in total. The molecule has 0 rings (SSSR count). The molecule has 15 heavy (non-hydrogen) atoms. The summed E-state index contributed by atoms with van der Waals surface area (Å²) in [5, 5.41) is 0.558. The Balaban J connectivity index is 4.57. The van der Waals surface area contributed by atoms with Gasteiger partial charge in [-0.25, -0.2) is 0 Å². The van der Waals surface area contributed by atoms with Crippen LogP contribution in [0.4, 0.5) is 0 Å². The largest absolute Gasteiger partial charge is 0.129 e. The van der Waals surface area contributed by atoms with Gasteiger partial charge >= 0.3 is 0 Å². The van der Waals surface area contributed by atoms with Crippen LogP contribution >= 0.6 is 11.6 Å². The summed E-state index contributed by atoms with van der Waals surface area (Å²) in [6.45, 7) is 13.2. The summed E-state index contributed by atoms with van der Waals surface area (Å²) >= 11 is 5.94. The van der Waals surface area contributed by atoms with E-state index in [1.807, 2.05) is 0 Å². The number of hydrogen-bond donors (Lipinski definition) is 0. The minimum absolute atomic E-state index is 0.558. The molecule has 0 radical (unpaired) electrons. The second kappa shape index (κ2) is 5.61. The molecule has 0 amide bonds. The summed E-state index contributed by atoms with van der Waals surface area (Å²) in [7, 11) is -2.61. The van der Waals surface area contributed by atoms with Gasteiger partial charge in [0.25, 0.3) is 0 Å². The molecule has 0 heterocycles. The Bertz CT molecular complexity index is 359. The summed E-state index contributed by atoms with van der Waals surface area (Å²) < 4.78 is 0. The quantitative estimate of drug-likeness (QED) is 0.455. The lowest BCUT2D eigenvalue weighted by atomic mass is 10.5. The van der Waals surface area contributed by atoms with Gasteiger partial charge in [0.05, 0.1) is 5.03 Å². The molecule has 0 bridgehead atoms. The van der Waals surface area contributed by atoms with Gasteiger partial charge in [0, 0.05) is 6.08 Å². The second-order valence-corrected chi connectivity index (χ2v) is 15.4. The first-order valence-electron chi connectivity index (χ1n) is 5.02. The third-order valence-electron chi connectivity index (χ3n) is 1.20. The number of allylic oxidation sites excluding steroid dienone is 2. The van der Waals surface area contributed by atoms with E-state index < -0.39 is 16.1 Å². The summed E-state index contributed by atoms with van der Waals surface area (Å²) in [5.74, 6) is 5.95. The van der Waals surface area contributed by atoms with E-state index in [0.717, 1.165) is 0 Å². The van der Waals surface area contributed by atoms with Gasteiger partial charge in [-0.3, -0.25) is 0 Å². The predicted octanol–water partition coefficient (Wildman–Crippen LogP) is 3.87. The Labute approximate surface area is 101 Å². The average molecular weight is 255 g/mol. The van der Waals surface area contributed by atoms with E-state index in [-0.39, 0.29) is 0 Å². The summed E-state index contributed by atoms with van der Waals surface area (Å²) in [5.41, 5.74) is 6.42. The third-order valence-corrected chi connectivity index (χ3v) is 3.18. The zero-order valence-electron chi connectivity index (χ0n) is 10.5. The molecule has 0 aromatic rings. The fraction of sp³-hybridized carbons (Fsp3) is 0.500. The van der Waals surface area contributed by atoms with Crippen molar-refractivity contribution in [2.45, 2.75) is 39.3 Å². The number of halogens is 1. The maximum absolute atomic E-state index is 5.94. The Hall–Kier alpha value is -0.416. The lowest BCUT2D eigenvalue weighted by Gasteiger charge is -2.03. The van der Waals surface area contributed by atoms with Gasteiger partial charge in [-0.05, 0) is 0 Å². The van der Waals surface area contributed by atoms with Crippen molar-refractivity contribution in [3.05, 3.63) is 11.1 Å². The highest BCUT2D eigenvalue weighted by Crippen LogP contribution is 2.02. The van der Waals surface area contributed by atoms with Crippen LogP contribution in [0.25, 0.3) is 0 Å². The van der Waals surface area contributed by atoms with Gasteiger partial charge in [-0.1, -0.05) is 62.7 Å². The van der Waals surface area contributed by atoms with Crippen molar-refractivity contribution in [3.63, 3.8) is 0 Å². The third kappa shape index (κ3) is 11.5. The van der Waals surface area contributed by atoms with Crippen LogP contribution in [0.5, 0.6) is 0 Å². The Morgan fingerprint density at radius 2 is 1.40 bits per heavy atom. The first-order chi connectivity index (χ1) is 6.60. The van der Waals surface area contributed by atoms with Gasteiger partial charge in [0.1, 0.15) is 16.1 Å². The normalized spacial score (nSPS) is 12.3. The molecule has 0 saturated carbocycles. The highest BCUT2D eigenvalue weighted by molar-refractivity contribution is 6.84. The van der Waals surface area contributed by atoms with Crippen LogP contribution in [0.15, 0.2) is 11.1 Å². The van der Waals surface area contributed by atoms with Crippen LogP contribution in [0.1, 0.15) is 0 Å². The molecular formula is C12H19ClSi2. The van der Waals surface area contributed by atoms with E-state index in [1.165, 1.54) is 0 Å². The molecule has 0 spiro atoms. The Morgan fingerprint density at radius 1 is 0.933 bits per heavy atom. The van der Waals surface area contributed by atoms with Crippen molar-refractivity contribution in [2.75, 3.05) is 0 Å². The van der Waals surface area contributed by atoms with Crippen molar-refractivity contribution >= 4 is 27.7 Å². The summed E-state index contributed by atoms with van der Waals surface area (Å²) in [6.07, 6.45) is 1.72. The standard InChI is InChI=1S/C12H19ClSi2/c1-14(2,3)10-7-8-12(13)9-11-15(4,5)6/h8H,1-6H3/b12-8-. The maximum atomic E-state index is 5.94. The van der Waals surface area contributed by atoms with Crippen molar-refractivity contribution in [1.82, 2.24) is 0 Å². The van der Waals surface area contributed by atoms with Crippen molar-refractivity contribution in [3.8, 4) is 22.9 Å². The van der Waals surface area contributed by atoms with E-state index in [9.17, 15) is 0 Å². The molecule has 3 heteroatoms. The molecule has 0 unspecified atom stereocenters. The lowest BCUT2D eigenvalue weighted by Crippen LogP contribution is -2.16. The number of rotatable bonds is 0. The molecule has 0 fully saturated rings. The molecule has 0 nitrogen and oxygen atoms in total. The fourth-order valence-corrected chi connectivity index (χ4v) is 1.80. The zero-order valence-corrected chi connectivity index (χ0v) is 13.2. The molecule has 0 aliphatic rings. The van der Waals surface area contributed by atoms with Crippen LogP contribution in [0.3, 0.4) is 0 Å². The Kier molecular flexibility index (Phi) is 5.45. The highest BCUT2D eigenvalue weighted by atomic mass is 35.5. The number of hydrogen-bond acceptors (Lipinski definition) is 0. The molecule has 0 aliphatic carbocycles. The molecule has 82 valence electrons. The smallest absolute Gasteiger partial charge is 0.127 e.